The SMILES string of the molecule is CC(COc1ccc(/C(=N/OS(C)(=O)=O)C(F)(F)F)cc1)Oc1ccc(/C(=N/OS(C)(=O)=O)C(F)(F)F)cc1. The van der Waals surface area contributed by atoms with Gasteiger partial charge in [-0.05, 0) is 55.5 Å². The number of hydrogen-bond donors (Lipinski definition) is 0. The second kappa shape index (κ2) is 12.1. The highest BCUT2D eigenvalue weighted by Crippen LogP contribution is 2.26. The first-order valence-corrected chi connectivity index (χ1v) is 14.0. The number of oxime groups is 2. The minimum absolute atomic E-state index is 0.118. The van der Waals surface area contributed by atoms with Gasteiger partial charge in [-0.1, -0.05) is 10.3 Å². The molecule has 2 aromatic carbocycles. The monoisotopic (exact) mass is 606 g/mol. The molecule has 0 radical (unpaired) electrons. The fraction of sp³-hybridized carbons (Fsp3) is 0.333. The van der Waals surface area contributed by atoms with E-state index in [4.69, 9.17) is 9.47 Å². The van der Waals surface area contributed by atoms with Gasteiger partial charge in [0.15, 0.2) is 11.4 Å². The lowest BCUT2D eigenvalue weighted by Crippen LogP contribution is -2.25. The van der Waals surface area contributed by atoms with Gasteiger partial charge in [0, 0.05) is 11.1 Å². The second-order valence-electron chi connectivity index (χ2n) is 7.72. The van der Waals surface area contributed by atoms with Crippen LogP contribution in [0.3, 0.4) is 0 Å². The summed E-state index contributed by atoms with van der Waals surface area (Å²) in [5.74, 6) is 0.236. The predicted molar refractivity (Wildman–Crippen MR) is 126 cm³/mol. The molecule has 0 saturated carbocycles. The van der Waals surface area contributed by atoms with Crippen molar-refractivity contribution in [2.75, 3.05) is 19.1 Å². The summed E-state index contributed by atoms with van der Waals surface area (Å²) in [5, 5.41) is 5.36. The van der Waals surface area contributed by atoms with Crippen LogP contribution in [0, 0.1) is 0 Å². The Labute approximate surface area is 219 Å². The van der Waals surface area contributed by atoms with Gasteiger partial charge in [-0.2, -0.15) is 43.2 Å². The average molecular weight is 607 g/mol. The Balaban J connectivity index is 2.05. The zero-order valence-electron chi connectivity index (χ0n) is 20.1. The molecule has 2 rings (SSSR count). The summed E-state index contributed by atoms with van der Waals surface area (Å²) < 4.78 is 142. The van der Waals surface area contributed by atoms with Crippen LogP contribution in [0.4, 0.5) is 26.3 Å². The van der Waals surface area contributed by atoms with Crippen LogP contribution in [0.25, 0.3) is 0 Å². The standard InChI is InChI=1S/C21H20F6N2O8S2/c1-13(35-17-10-6-15(7-11-17)19(21(25,26)27)29-37-39(3,32)33)12-34-16-8-4-14(5-9-16)18(20(22,23)24)28-36-38(2,30)31/h4-11,13H,12H2,1-3H3/b28-18-,29-19-. The fourth-order valence-corrected chi connectivity index (χ4v) is 3.05. The number of ether oxygens (including phenoxy) is 2. The van der Waals surface area contributed by atoms with E-state index in [1.54, 1.807) is 6.92 Å². The average Bonchev–Trinajstić information content (AvgIpc) is 2.76. The van der Waals surface area contributed by atoms with E-state index in [-0.39, 0.29) is 18.1 Å². The first-order valence-electron chi connectivity index (χ1n) is 10.3. The van der Waals surface area contributed by atoms with Gasteiger partial charge in [-0.25, -0.2) is 0 Å². The molecule has 0 heterocycles. The van der Waals surface area contributed by atoms with Gasteiger partial charge >= 0.3 is 32.6 Å². The van der Waals surface area contributed by atoms with E-state index in [0.717, 1.165) is 36.4 Å². The van der Waals surface area contributed by atoms with E-state index in [9.17, 15) is 43.2 Å². The third-order valence-corrected chi connectivity index (χ3v) is 4.83. The summed E-state index contributed by atoms with van der Waals surface area (Å²) in [7, 11) is -8.54. The molecule has 0 aliphatic rings. The minimum atomic E-state index is -5.02. The van der Waals surface area contributed by atoms with Crippen LogP contribution < -0.4 is 9.47 Å². The lowest BCUT2D eigenvalue weighted by atomic mass is 10.1. The largest absolute Gasteiger partial charge is 0.490 e. The van der Waals surface area contributed by atoms with E-state index in [0.29, 0.717) is 12.5 Å². The minimum Gasteiger partial charge on any atom is -0.490 e. The van der Waals surface area contributed by atoms with Gasteiger partial charge in [-0.15, -0.1) is 0 Å². The maximum Gasteiger partial charge on any atom is 0.437 e. The summed E-state index contributed by atoms with van der Waals surface area (Å²) in [6.45, 7) is 1.41. The Morgan fingerprint density at radius 1 is 0.718 bits per heavy atom. The summed E-state index contributed by atoms with van der Waals surface area (Å²) >= 11 is 0. The smallest absolute Gasteiger partial charge is 0.437 e. The molecule has 0 amide bonds. The Morgan fingerprint density at radius 3 is 1.41 bits per heavy atom. The van der Waals surface area contributed by atoms with Gasteiger partial charge in [0.1, 0.15) is 24.2 Å². The van der Waals surface area contributed by atoms with Gasteiger partial charge in [0.2, 0.25) is 0 Å². The molecular formula is C21H20F6N2O8S2. The first-order chi connectivity index (χ1) is 17.7. The van der Waals surface area contributed by atoms with Crippen LogP contribution in [0.2, 0.25) is 0 Å². The molecule has 0 bridgehead atoms. The zero-order valence-corrected chi connectivity index (χ0v) is 21.8. The van der Waals surface area contributed by atoms with Crippen molar-refractivity contribution in [3.8, 4) is 11.5 Å². The topological polar surface area (TPSA) is 130 Å². The van der Waals surface area contributed by atoms with Crippen molar-refractivity contribution in [3.63, 3.8) is 0 Å². The van der Waals surface area contributed by atoms with Gasteiger partial charge in [-0.3, -0.25) is 8.57 Å². The Kier molecular flexibility index (Phi) is 9.83. The maximum atomic E-state index is 13.2. The first kappa shape index (κ1) is 31.7. The van der Waals surface area contributed by atoms with Gasteiger partial charge < -0.3 is 9.47 Å². The molecule has 2 aromatic rings. The van der Waals surface area contributed by atoms with E-state index < -0.39 is 61.2 Å². The van der Waals surface area contributed by atoms with Crippen molar-refractivity contribution in [2.45, 2.75) is 25.4 Å². The number of halogens is 6. The van der Waals surface area contributed by atoms with Gasteiger partial charge in [0.05, 0.1) is 12.5 Å². The van der Waals surface area contributed by atoms with Crippen molar-refractivity contribution in [1.29, 1.82) is 0 Å². The Morgan fingerprint density at radius 2 is 1.08 bits per heavy atom. The fourth-order valence-electron chi connectivity index (χ4n) is 2.63. The van der Waals surface area contributed by atoms with E-state index in [2.05, 4.69) is 18.9 Å². The van der Waals surface area contributed by atoms with E-state index in [1.807, 2.05) is 0 Å². The number of alkyl halides is 6. The Hall–Kier alpha value is -3.54. The molecule has 1 unspecified atom stereocenters. The van der Waals surface area contributed by atoms with E-state index >= 15 is 0 Å². The molecule has 18 heteroatoms. The third-order valence-electron chi connectivity index (χ3n) is 4.14. The molecule has 0 fully saturated rings. The number of nitrogens with zero attached hydrogens (tertiary/aromatic N) is 2. The second-order valence-corrected chi connectivity index (χ2v) is 10.8. The molecule has 1 atom stereocenters. The van der Waals surface area contributed by atoms with Crippen LogP contribution in [0.1, 0.15) is 18.1 Å². The summed E-state index contributed by atoms with van der Waals surface area (Å²) in [6.07, 6.45) is -9.65. The zero-order chi connectivity index (χ0) is 29.6. The van der Waals surface area contributed by atoms with Crippen LogP contribution in [0.15, 0.2) is 58.8 Å². The van der Waals surface area contributed by atoms with Crippen LogP contribution in [-0.4, -0.2) is 65.8 Å². The number of benzene rings is 2. The van der Waals surface area contributed by atoms with Crippen LogP contribution in [-0.2, 0) is 28.8 Å². The molecule has 0 aliphatic carbocycles. The lowest BCUT2D eigenvalue weighted by Gasteiger charge is -2.17. The van der Waals surface area contributed by atoms with Crippen molar-refractivity contribution in [2.24, 2.45) is 10.3 Å². The van der Waals surface area contributed by atoms with Crippen molar-refractivity contribution in [1.82, 2.24) is 0 Å². The van der Waals surface area contributed by atoms with E-state index in [1.165, 1.54) is 12.1 Å². The quantitative estimate of drug-likeness (QED) is 0.213. The molecule has 0 N–H and O–H groups in total. The normalized spacial score (nSPS) is 14.5. The molecule has 0 spiro atoms. The predicted octanol–water partition coefficient (Wildman–Crippen LogP) is 4.02. The molecule has 0 aromatic heterocycles. The van der Waals surface area contributed by atoms with Gasteiger partial charge in [0.25, 0.3) is 0 Å². The maximum absolute atomic E-state index is 13.2. The molecular weight excluding hydrogens is 586 g/mol. The van der Waals surface area contributed by atoms with Crippen molar-refractivity contribution in [3.05, 3.63) is 59.7 Å². The lowest BCUT2D eigenvalue weighted by molar-refractivity contribution is -0.0606. The highest BCUT2D eigenvalue weighted by Gasteiger charge is 2.39. The van der Waals surface area contributed by atoms with Crippen molar-refractivity contribution < 1.29 is 61.2 Å². The molecule has 0 saturated heterocycles. The van der Waals surface area contributed by atoms with Crippen molar-refractivity contribution >= 4 is 31.7 Å². The summed E-state index contributed by atoms with van der Waals surface area (Å²) in [5.41, 5.74) is -4.15. The number of rotatable bonds is 11. The van der Waals surface area contributed by atoms with Crippen LogP contribution in [0.5, 0.6) is 11.5 Å². The Bertz CT molecular complexity index is 1400. The summed E-state index contributed by atoms with van der Waals surface area (Å²) in [6, 6.07) is 8.57. The molecule has 216 valence electrons. The van der Waals surface area contributed by atoms with Crippen LogP contribution >= 0.6 is 0 Å². The summed E-state index contributed by atoms with van der Waals surface area (Å²) in [4.78, 5) is 0. The molecule has 0 aliphatic heterocycles. The third kappa shape index (κ3) is 11.0. The highest BCUT2D eigenvalue weighted by molar-refractivity contribution is 7.86. The number of hydrogen-bond acceptors (Lipinski definition) is 10. The molecule has 39 heavy (non-hydrogen) atoms. The highest BCUT2D eigenvalue weighted by atomic mass is 32.2. The molecule has 10 nitrogen and oxygen atoms in total.